The van der Waals surface area contributed by atoms with Crippen molar-refractivity contribution in [3.05, 3.63) is 24.0 Å². The van der Waals surface area contributed by atoms with Gasteiger partial charge in [-0.1, -0.05) is 22.9 Å². The van der Waals surface area contributed by atoms with E-state index in [2.05, 4.69) is 47.3 Å². The highest BCUT2D eigenvalue weighted by Crippen LogP contribution is 2.32. The maximum atomic E-state index is 5.26. The predicted molar refractivity (Wildman–Crippen MR) is 78.6 cm³/mol. The van der Waals surface area contributed by atoms with Gasteiger partial charge in [-0.15, -0.1) is 0 Å². The number of ether oxygens (including phenoxy) is 1. The highest BCUT2D eigenvalue weighted by molar-refractivity contribution is 9.09. The molecule has 0 bridgehead atoms. The molecule has 1 heterocycles. The fourth-order valence-corrected chi connectivity index (χ4v) is 2.49. The Labute approximate surface area is 116 Å². The molecule has 0 N–H and O–H groups in total. The Bertz CT molecular complexity index is 548. The Kier molecular flexibility index (Phi) is 3.95. The van der Waals surface area contributed by atoms with E-state index in [0.29, 0.717) is 10.9 Å². The molecule has 0 amide bonds. The highest BCUT2D eigenvalue weighted by atomic mass is 79.9. The molecule has 0 radical (unpaired) electrons. The minimum atomic E-state index is 0.290. The molecule has 0 spiro atoms. The predicted octanol–water partition coefficient (Wildman–Crippen LogP) is 4.47. The van der Waals surface area contributed by atoms with E-state index in [4.69, 9.17) is 9.72 Å². The van der Waals surface area contributed by atoms with E-state index in [1.54, 1.807) is 7.11 Å². The second-order valence-electron chi connectivity index (χ2n) is 4.66. The lowest BCUT2D eigenvalue weighted by atomic mass is 10.2. The fourth-order valence-electron chi connectivity index (χ4n) is 2.17. The van der Waals surface area contributed by atoms with E-state index in [9.17, 15) is 0 Å². The second kappa shape index (κ2) is 5.31. The molecule has 0 aliphatic rings. The van der Waals surface area contributed by atoms with Crippen molar-refractivity contribution in [2.45, 2.75) is 38.1 Å². The zero-order valence-electron chi connectivity index (χ0n) is 11.3. The van der Waals surface area contributed by atoms with Gasteiger partial charge in [0, 0.05) is 12.1 Å². The van der Waals surface area contributed by atoms with E-state index < -0.39 is 0 Å². The zero-order chi connectivity index (χ0) is 13.3. The van der Waals surface area contributed by atoms with Gasteiger partial charge in [-0.25, -0.2) is 4.98 Å². The summed E-state index contributed by atoms with van der Waals surface area (Å²) in [5.41, 5.74) is 2.16. The van der Waals surface area contributed by atoms with Crippen LogP contribution >= 0.6 is 15.9 Å². The lowest BCUT2D eigenvalue weighted by molar-refractivity contribution is 0.415. The summed E-state index contributed by atoms with van der Waals surface area (Å²) < 4.78 is 7.55. The number of benzene rings is 1. The standard InChI is InChI=1S/C14H19BrN2O/c1-5-11(15)14-16-12-8-10(18-4)6-7-13(12)17(14)9(2)3/h6-9,11H,5H2,1-4H3. The summed E-state index contributed by atoms with van der Waals surface area (Å²) in [6.45, 7) is 6.53. The molecule has 0 saturated carbocycles. The molecule has 1 atom stereocenters. The van der Waals surface area contributed by atoms with Crippen LogP contribution < -0.4 is 4.74 Å². The van der Waals surface area contributed by atoms with Crippen LogP contribution in [0.5, 0.6) is 5.75 Å². The molecule has 1 aromatic heterocycles. The number of nitrogens with zero attached hydrogens (tertiary/aromatic N) is 2. The number of aromatic nitrogens is 2. The number of halogens is 1. The van der Waals surface area contributed by atoms with Gasteiger partial charge in [-0.2, -0.15) is 0 Å². The summed E-state index contributed by atoms with van der Waals surface area (Å²) >= 11 is 3.70. The number of alkyl halides is 1. The minimum Gasteiger partial charge on any atom is -0.497 e. The maximum absolute atomic E-state index is 5.26. The van der Waals surface area contributed by atoms with E-state index in [-0.39, 0.29) is 0 Å². The molecule has 18 heavy (non-hydrogen) atoms. The maximum Gasteiger partial charge on any atom is 0.123 e. The Morgan fingerprint density at radius 1 is 1.39 bits per heavy atom. The van der Waals surface area contributed by atoms with Crippen LogP contribution in [-0.4, -0.2) is 16.7 Å². The van der Waals surface area contributed by atoms with Gasteiger partial charge in [0.2, 0.25) is 0 Å². The molecule has 98 valence electrons. The smallest absolute Gasteiger partial charge is 0.123 e. The van der Waals surface area contributed by atoms with Crippen molar-refractivity contribution in [3.63, 3.8) is 0 Å². The Balaban J connectivity index is 2.66. The topological polar surface area (TPSA) is 27.1 Å². The molecule has 4 heteroatoms. The van der Waals surface area contributed by atoms with Crippen molar-refractivity contribution >= 4 is 27.0 Å². The molecular weight excluding hydrogens is 292 g/mol. The lowest BCUT2D eigenvalue weighted by Gasteiger charge is -2.15. The molecular formula is C14H19BrN2O. The van der Waals surface area contributed by atoms with Crippen LogP contribution in [0.4, 0.5) is 0 Å². The van der Waals surface area contributed by atoms with E-state index in [1.165, 1.54) is 5.52 Å². The third kappa shape index (κ3) is 2.26. The lowest BCUT2D eigenvalue weighted by Crippen LogP contribution is -2.07. The summed E-state index contributed by atoms with van der Waals surface area (Å²) in [4.78, 5) is 5.04. The zero-order valence-corrected chi connectivity index (χ0v) is 12.9. The first-order valence-corrected chi connectivity index (χ1v) is 7.20. The van der Waals surface area contributed by atoms with Gasteiger partial charge >= 0.3 is 0 Å². The molecule has 0 aliphatic heterocycles. The van der Waals surface area contributed by atoms with Crippen LogP contribution in [-0.2, 0) is 0 Å². The Morgan fingerprint density at radius 2 is 2.11 bits per heavy atom. The van der Waals surface area contributed by atoms with Crippen molar-refractivity contribution < 1.29 is 4.74 Å². The van der Waals surface area contributed by atoms with Crippen molar-refractivity contribution in [1.82, 2.24) is 9.55 Å². The van der Waals surface area contributed by atoms with Gasteiger partial charge in [-0.05, 0) is 32.4 Å². The second-order valence-corrected chi connectivity index (χ2v) is 5.77. The first-order chi connectivity index (χ1) is 8.58. The average molecular weight is 311 g/mol. The van der Waals surface area contributed by atoms with Gasteiger partial charge in [0.25, 0.3) is 0 Å². The van der Waals surface area contributed by atoms with Gasteiger partial charge in [0.05, 0.1) is 23.0 Å². The molecule has 1 unspecified atom stereocenters. The van der Waals surface area contributed by atoms with Gasteiger partial charge in [0.15, 0.2) is 0 Å². The number of fused-ring (bicyclic) bond motifs is 1. The molecule has 0 aliphatic carbocycles. The molecule has 3 nitrogen and oxygen atoms in total. The number of hydrogen-bond acceptors (Lipinski definition) is 2. The number of rotatable bonds is 4. The van der Waals surface area contributed by atoms with Gasteiger partial charge < -0.3 is 9.30 Å². The van der Waals surface area contributed by atoms with Crippen LogP contribution in [0.15, 0.2) is 18.2 Å². The summed E-state index contributed by atoms with van der Waals surface area (Å²) in [6, 6.07) is 6.46. The summed E-state index contributed by atoms with van der Waals surface area (Å²) in [6.07, 6.45) is 1.02. The Hall–Kier alpha value is -1.03. The molecule has 1 aromatic carbocycles. The SMILES string of the molecule is CCC(Br)c1nc2cc(OC)ccc2n1C(C)C. The minimum absolute atomic E-state index is 0.290. The molecule has 0 saturated heterocycles. The average Bonchev–Trinajstić information content (AvgIpc) is 2.75. The van der Waals surface area contributed by atoms with Crippen LogP contribution in [0.2, 0.25) is 0 Å². The molecule has 2 aromatic rings. The Morgan fingerprint density at radius 3 is 2.67 bits per heavy atom. The largest absolute Gasteiger partial charge is 0.497 e. The van der Waals surface area contributed by atoms with Crippen molar-refractivity contribution in [2.75, 3.05) is 7.11 Å². The van der Waals surface area contributed by atoms with E-state index in [0.717, 1.165) is 23.5 Å². The normalized spacial score (nSPS) is 13.2. The number of hydrogen-bond donors (Lipinski definition) is 0. The summed E-state index contributed by atoms with van der Waals surface area (Å²) in [5.74, 6) is 1.95. The third-order valence-electron chi connectivity index (χ3n) is 3.08. The van der Waals surface area contributed by atoms with Crippen molar-refractivity contribution in [2.24, 2.45) is 0 Å². The first-order valence-electron chi connectivity index (χ1n) is 6.28. The number of imidazole rings is 1. The van der Waals surface area contributed by atoms with E-state index in [1.807, 2.05) is 12.1 Å². The quantitative estimate of drug-likeness (QED) is 0.779. The monoisotopic (exact) mass is 310 g/mol. The fraction of sp³-hybridized carbons (Fsp3) is 0.500. The van der Waals surface area contributed by atoms with Crippen LogP contribution in [0.3, 0.4) is 0 Å². The van der Waals surface area contributed by atoms with Crippen molar-refractivity contribution in [1.29, 1.82) is 0 Å². The summed E-state index contributed by atoms with van der Waals surface area (Å²) in [7, 11) is 1.68. The summed E-state index contributed by atoms with van der Waals surface area (Å²) in [5, 5.41) is 0. The van der Waals surface area contributed by atoms with E-state index >= 15 is 0 Å². The van der Waals surface area contributed by atoms with Gasteiger partial charge in [0.1, 0.15) is 11.6 Å². The van der Waals surface area contributed by atoms with Gasteiger partial charge in [-0.3, -0.25) is 0 Å². The van der Waals surface area contributed by atoms with Crippen LogP contribution in [0, 0.1) is 0 Å². The molecule has 2 rings (SSSR count). The van der Waals surface area contributed by atoms with Crippen molar-refractivity contribution in [3.8, 4) is 5.75 Å². The van der Waals surface area contributed by atoms with Crippen LogP contribution in [0.25, 0.3) is 11.0 Å². The number of methoxy groups -OCH3 is 1. The third-order valence-corrected chi connectivity index (χ3v) is 4.14. The molecule has 0 fully saturated rings. The highest BCUT2D eigenvalue weighted by Gasteiger charge is 2.18. The van der Waals surface area contributed by atoms with Crippen LogP contribution in [0.1, 0.15) is 43.9 Å². The first kappa shape index (κ1) is 13.4.